The van der Waals surface area contributed by atoms with E-state index in [9.17, 15) is 4.79 Å². The van der Waals surface area contributed by atoms with Gasteiger partial charge in [0.2, 0.25) is 0 Å². The number of nitrogens with zero attached hydrogens (tertiary/aromatic N) is 2. The van der Waals surface area contributed by atoms with E-state index in [1.807, 2.05) is 18.2 Å². The van der Waals surface area contributed by atoms with Crippen LogP contribution in [0.3, 0.4) is 0 Å². The Balaban J connectivity index is 2.38. The molecule has 2 rings (SSSR count). The van der Waals surface area contributed by atoms with Crippen LogP contribution < -0.4 is 10.4 Å². The van der Waals surface area contributed by atoms with Crippen molar-refractivity contribution in [3.63, 3.8) is 0 Å². The number of imidazole rings is 1. The molecule has 4 nitrogen and oxygen atoms in total. The van der Waals surface area contributed by atoms with Gasteiger partial charge in [0.1, 0.15) is 5.75 Å². The largest absolute Gasteiger partial charge is 0.496 e. The lowest BCUT2D eigenvalue weighted by molar-refractivity contribution is 0.408. The van der Waals surface area contributed by atoms with E-state index in [4.69, 9.17) is 4.74 Å². The Labute approximate surface area is 108 Å². The summed E-state index contributed by atoms with van der Waals surface area (Å²) in [6, 6.07) is 5.75. The predicted octanol–water partition coefficient (Wildman–Crippen LogP) is 2.01. The lowest BCUT2D eigenvalue weighted by Crippen LogP contribution is -2.22. The van der Waals surface area contributed by atoms with Gasteiger partial charge in [-0.25, -0.2) is 4.79 Å². The van der Waals surface area contributed by atoms with Crippen molar-refractivity contribution in [3.8, 4) is 5.75 Å². The Morgan fingerprint density at radius 1 is 1.35 bits per heavy atom. The van der Waals surface area contributed by atoms with Gasteiger partial charge in [-0.05, 0) is 18.2 Å². The monoisotopic (exact) mass is 296 g/mol. The Morgan fingerprint density at radius 2 is 2.12 bits per heavy atom. The third kappa shape index (κ3) is 2.44. The first-order valence-corrected chi connectivity index (χ1v) is 5.95. The molecule has 5 heteroatoms. The molecule has 1 aromatic heterocycles. The van der Waals surface area contributed by atoms with Crippen LogP contribution >= 0.6 is 15.9 Å². The Kier molecular flexibility index (Phi) is 3.38. The number of methoxy groups -OCH3 is 1. The molecule has 0 radical (unpaired) electrons. The van der Waals surface area contributed by atoms with Crippen molar-refractivity contribution in [2.24, 2.45) is 7.05 Å². The second-order valence-electron chi connectivity index (χ2n) is 3.78. The van der Waals surface area contributed by atoms with E-state index in [1.165, 1.54) is 0 Å². The molecule has 90 valence electrons. The van der Waals surface area contributed by atoms with E-state index in [0.717, 1.165) is 15.8 Å². The van der Waals surface area contributed by atoms with Crippen molar-refractivity contribution in [2.75, 3.05) is 7.11 Å². The minimum atomic E-state index is -0.0352. The van der Waals surface area contributed by atoms with Gasteiger partial charge in [0, 0.05) is 29.5 Å². The molecule has 0 aliphatic carbocycles. The molecule has 0 unspecified atom stereocenters. The molecule has 17 heavy (non-hydrogen) atoms. The van der Waals surface area contributed by atoms with E-state index in [-0.39, 0.29) is 5.69 Å². The fourth-order valence-corrected chi connectivity index (χ4v) is 2.09. The van der Waals surface area contributed by atoms with Crippen molar-refractivity contribution >= 4 is 15.9 Å². The average molecular weight is 297 g/mol. The summed E-state index contributed by atoms with van der Waals surface area (Å²) in [4.78, 5) is 11.7. The van der Waals surface area contributed by atoms with Crippen LogP contribution in [0, 0.1) is 0 Å². The molecule has 1 aromatic carbocycles. The van der Waals surface area contributed by atoms with Gasteiger partial charge < -0.3 is 9.30 Å². The smallest absolute Gasteiger partial charge is 0.328 e. The van der Waals surface area contributed by atoms with E-state index in [1.54, 1.807) is 35.7 Å². The van der Waals surface area contributed by atoms with Crippen LogP contribution in [0.2, 0.25) is 0 Å². The number of rotatable bonds is 3. The van der Waals surface area contributed by atoms with Gasteiger partial charge in [-0.15, -0.1) is 0 Å². The topological polar surface area (TPSA) is 36.2 Å². The first-order valence-electron chi connectivity index (χ1n) is 5.16. The van der Waals surface area contributed by atoms with E-state index >= 15 is 0 Å². The van der Waals surface area contributed by atoms with Crippen molar-refractivity contribution in [1.82, 2.24) is 9.13 Å². The number of halogens is 1. The molecule has 0 N–H and O–H groups in total. The zero-order chi connectivity index (χ0) is 12.4. The Bertz CT molecular complexity index is 586. The van der Waals surface area contributed by atoms with Crippen LogP contribution in [0.15, 0.2) is 39.9 Å². The average Bonchev–Trinajstić information content (AvgIpc) is 2.61. The first kappa shape index (κ1) is 12.0. The van der Waals surface area contributed by atoms with Crippen LogP contribution in [0.5, 0.6) is 5.75 Å². The summed E-state index contributed by atoms with van der Waals surface area (Å²) in [7, 11) is 3.36. The molecular formula is C12H13BrN2O2. The second kappa shape index (κ2) is 4.79. The molecule has 0 bridgehead atoms. The normalized spacial score (nSPS) is 10.5. The second-order valence-corrected chi connectivity index (χ2v) is 4.69. The third-order valence-corrected chi connectivity index (χ3v) is 3.09. The Morgan fingerprint density at radius 3 is 2.71 bits per heavy atom. The number of aromatic nitrogens is 2. The summed E-state index contributed by atoms with van der Waals surface area (Å²) in [5.41, 5.74) is 0.933. The van der Waals surface area contributed by atoms with Crippen molar-refractivity contribution in [1.29, 1.82) is 0 Å². The van der Waals surface area contributed by atoms with Crippen molar-refractivity contribution in [2.45, 2.75) is 6.54 Å². The summed E-state index contributed by atoms with van der Waals surface area (Å²) >= 11 is 3.41. The molecule has 1 heterocycles. The highest BCUT2D eigenvalue weighted by Gasteiger charge is 2.07. The summed E-state index contributed by atoms with van der Waals surface area (Å²) in [5, 5.41) is 0. The number of benzene rings is 1. The maximum absolute atomic E-state index is 11.7. The summed E-state index contributed by atoms with van der Waals surface area (Å²) in [6.45, 7) is 0.502. The summed E-state index contributed by atoms with van der Waals surface area (Å²) in [6.07, 6.45) is 3.51. The van der Waals surface area contributed by atoms with Crippen LogP contribution in [-0.2, 0) is 13.6 Å². The number of hydrogen-bond donors (Lipinski definition) is 0. The SMILES string of the molecule is COc1ccc(Br)cc1Cn1ccn(C)c1=O. The minimum Gasteiger partial charge on any atom is -0.496 e. The standard InChI is InChI=1S/C12H13BrN2O2/c1-14-5-6-15(12(14)16)8-9-7-10(13)3-4-11(9)17-2/h3-7H,8H2,1-2H3. The van der Waals surface area contributed by atoms with Crippen LogP contribution in [-0.4, -0.2) is 16.2 Å². The minimum absolute atomic E-state index is 0.0352. The molecular weight excluding hydrogens is 284 g/mol. The molecule has 0 saturated carbocycles. The van der Waals surface area contributed by atoms with Gasteiger partial charge in [-0.1, -0.05) is 15.9 Å². The summed E-state index contributed by atoms with van der Waals surface area (Å²) < 4.78 is 9.44. The first-order chi connectivity index (χ1) is 8.11. The van der Waals surface area contributed by atoms with E-state index in [2.05, 4.69) is 15.9 Å². The van der Waals surface area contributed by atoms with Gasteiger partial charge >= 0.3 is 5.69 Å². The molecule has 0 aliphatic rings. The fourth-order valence-electron chi connectivity index (χ4n) is 1.69. The lowest BCUT2D eigenvalue weighted by atomic mass is 10.2. The quantitative estimate of drug-likeness (QED) is 0.869. The maximum Gasteiger partial charge on any atom is 0.328 e. The zero-order valence-electron chi connectivity index (χ0n) is 9.68. The van der Waals surface area contributed by atoms with Gasteiger partial charge in [0.05, 0.1) is 13.7 Å². The molecule has 0 amide bonds. The van der Waals surface area contributed by atoms with Crippen LogP contribution in [0.25, 0.3) is 0 Å². The van der Waals surface area contributed by atoms with Gasteiger partial charge in [-0.3, -0.25) is 4.57 Å². The van der Waals surface area contributed by atoms with Gasteiger partial charge in [0.15, 0.2) is 0 Å². The Hall–Kier alpha value is -1.49. The highest BCUT2D eigenvalue weighted by atomic mass is 79.9. The van der Waals surface area contributed by atoms with Crippen molar-refractivity contribution in [3.05, 3.63) is 51.1 Å². The highest BCUT2D eigenvalue weighted by Crippen LogP contribution is 2.23. The molecule has 0 fully saturated rings. The zero-order valence-corrected chi connectivity index (χ0v) is 11.3. The molecule has 0 atom stereocenters. The highest BCUT2D eigenvalue weighted by molar-refractivity contribution is 9.10. The molecule has 0 aliphatic heterocycles. The molecule has 2 aromatic rings. The molecule has 0 spiro atoms. The number of ether oxygens (including phenoxy) is 1. The molecule has 0 saturated heterocycles. The lowest BCUT2D eigenvalue weighted by Gasteiger charge is -2.09. The van der Waals surface area contributed by atoms with E-state index in [0.29, 0.717) is 6.54 Å². The number of aryl methyl sites for hydroxylation is 1. The van der Waals surface area contributed by atoms with Crippen molar-refractivity contribution < 1.29 is 4.74 Å². The van der Waals surface area contributed by atoms with Crippen LogP contribution in [0.1, 0.15) is 5.56 Å². The van der Waals surface area contributed by atoms with Gasteiger partial charge in [-0.2, -0.15) is 0 Å². The number of hydrogen-bond acceptors (Lipinski definition) is 2. The fraction of sp³-hybridized carbons (Fsp3) is 0.250. The van der Waals surface area contributed by atoms with Gasteiger partial charge in [0.25, 0.3) is 0 Å². The predicted molar refractivity (Wildman–Crippen MR) is 69.5 cm³/mol. The summed E-state index contributed by atoms with van der Waals surface area (Å²) in [5.74, 6) is 0.781. The maximum atomic E-state index is 11.7. The third-order valence-electron chi connectivity index (χ3n) is 2.60. The van der Waals surface area contributed by atoms with Crippen LogP contribution in [0.4, 0.5) is 0 Å². The van der Waals surface area contributed by atoms with E-state index < -0.39 is 0 Å².